The number of nitrogens with two attached hydrogens (primary N) is 1. The molecule has 1 aromatic heterocycles. The molecule has 1 heterocycles. The van der Waals surface area contributed by atoms with Crippen LogP contribution in [0.15, 0.2) is 6.07 Å². The van der Waals surface area contributed by atoms with Crippen molar-refractivity contribution in [3.63, 3.8) is 0 Å². The summed E-state index contributed by atoms with van der Waals surface area (Å²) in [6, 6.07) is 1.68. The van der Waals surface area contributed by atoms with E-state index in [1.165, 1.54) is 0 Å². The van der Waals surface area contributed by atoms with E-state index in [1.807, 2.05) is 0 Å². The van der Waals surface area contributed by atoms with Gasteiger partial charge in [0, 0.05) is 20.2 Å². The molecular formula is C7H13N3O2. The summed E-state index contributed by atoms with van der Waals surface area (Å²) in [4.78, 5) is 0. The maximum atomic E-state index is 5.44. The molecule has 0 fully saturated rings. The first-order valence-electron chi connectivity index (χ1n) is 3.65. The highest BCUT2D eigenvalue weighted by Crippen LogP contribution is 2.12. The number of anilines is 1. The molecule has 68 valence electrons. The Kier molecular flexibility index (Phi) is 2.93. The maximum Gasteiger partial charge on any atom is 0.213 e. The van der Waals surface area contributed by atoms with Crippen LogP contribution in [0.1, 0.15) is 0 Å². The summed E-state index contributed by atoms with van der Waals surface area (Å²) in [6.07, 6.45) is 0. The molecule has 0 spiro atoms. The van der Waals surface area contributed by atoms with Crippen LogP contribution >= 0.6 is 0 Å². The number of methoxy groups -OCH3 is 1. The largest absolute Gasteiger partial charge is 0.475 e. The molecule has 0 aliphatic heterocycles. The minimum absolute atomic E-state index is 0.463. The van der Waals surface area contributed by atoms with Crippen molar-refractivity contribution in [3.05, 3.63) is 6.07 Å². The smallest absolute Gasteiger partial charge is 0.213 e. The normalized spacial score (nSPS) is 10.2. The predicted molar refractivity (Wildman–Crippen MR) is 45.0 cm³/mol. The molecule has 0 saturated heterocycles. The van der Waals surface area contributed by atoms with E-state index in [2.05, 4.69) is 5.10 Å². The molecule has 0 unspecified atom stereocenters. The molecule has 0 saturated carbocycles. The quantitative estimate of drug-likeness (QED) is 0.649. The van der Waals surface area contributed by atoms with Crippen LogP contribution in [0.4, 0.5) is 5.82 Å². The van der Waals surface area contributed by atoms with Crippen molar-refractivity contribution in [3.8, 4) is 5.88 Å². The van der Waals surface area contributed by atoms with E-state index in [4.69, 9.17) is 15.2 Å². The fraction of sp³-hybridized carbons (Fsp3) is 0.571. The lowest BCUT2D eigenvalue weighted by atomic mass is 10.6. The van der Waals surface area contributed by atoms with Crippen LogP contribution in [-0.2, 0) is 11.8 Å². The fourth-order valence-corrected chi connectivity index (χ4v) is 0.836. The van der Waals surface area contributed by atoms with Crippen molar-refractivity contribution in [2.24, 2.45) is 7.05 Å². The number of aryl methyl sites for hydroxylation is 1. The van der Waals surface area contributed by atoms with Crippen LogP contribution in [-0.4, -0.2) is 30.1 Å². The standard InChI is InChI=1S/C7H13N3O2/c1-10-7(5-6(8)9-10)12-4-3-11-2/h5H,3-4H2,1-2H3,(H2,8,9). The Morgan fingerprint density at radius 1 is 1.58 bits per heavy atom. The van der Waals surface area contributed by atoms with E-state index in [9.17, 15) is 0 Å². The summed E-state index contributed by atoms with van der Waals surface area (Å²) >= 11 is 0. The van der Waals surface area contributed by atoms with Crippen LogP contribution in [0, 0.1) is 0 Å². The van der Waals surface area contributed by atoms with Gasteiger partial charge in [0.05, 0.1) is 6.61 Å². The van der Waals surface area contributed by atoms with Crippen molar-refractivity contribution < 1.29 is 9.47 Å². The van der Waals surface area contributed by atoms with Gasteiger partial charge in [0.2, 0.25) is 5.88 Å². The summed E-state index contributed by atoms with van der Waals surface area (Å²) < 4.78 is 11.7. The summed E-state index contributed by atoms with van der Waals surface area (Å²) in [7, 11) is 3.40. The summed E-state index contributed by atoms with van der Waals surface area (Å²) in [5, 5.41) is 3.92. The number of ether oxygens (including phenoxy) is 2. The molecule has 12 heavy (non-hydrogen) atoms. The molecule has 0 amide bonds. The van der Waals surface area contributed by atoms with Crippen LogP contribution in [0.2, 0.25) is 0 Å². The molecule has 0 aliphatic rings. The molecular weight excluding hydrogens is 158 g/mol. The van der Waals surface area contributed by atoms with E-state index < -0.39 is 0 Å². The first-order chi connectivity index (χ1) is 5.74. The first-order valence-corrected chi connectivity index (χ1v) is 3.65. The second-order valence-electron chi connectivity index (χ2n) is 2.37. The van der Waals surface area contributed by atoms with Gasteiger partial charge in [0.15, 0.2) is 0 Å². The van der Waals surface area contributed by atoms with Gasteiger partial charge in [0.25, 0.3) is 0 Å². The Bertz CT molecular complexity index is 247. The van der Waals surface area contributed by atoms with Gasteiger partial charge in [0.1, 0.15) is 12.4 Å². The van der Waals surface area contributed by atoms with Crippen LogP contribution in [0.3, 0.4) is 0 Å². The monoisotopic (exact) mass is 171 g/mol. The SMILES string of the molecule is COCCOc1cc(N)nn1C. The lowest BCUT2D eigenvalue weighted by Crippen LogP contribution is -2.07. The minimum atomic E-state index is 0.463. The van der Waals surface area contributed by atoms with Crippen LogP contribution in [0.25, 0.3) is 0 Å². The minimum Gasteiger partial charge on any atom is -0.475 e. The third-order valence-electron chi connectivity index (χ3n) is 1.39. The molecule has 1 rings (SSSR count). The number of hydrogen-bond acceptors (Lipinski definition) is 4. The molecule has 0 aliphatic carbocycles. The summed E-state index contributed by atoms with van der Waals surface area (Å²) in [5.41, 5.74) is 5.44. The van der Waals surface area contributed by atoms with Crippen molar-refractivity contribution >= 4 is 5.82 Å². The van der Waals surface area contributed by atoms with Gasteiger partial charge >= 0.3 is 0 Å². The summed E-state index contributed by atoms with van der Waals surface area (Å²) in [6.45, 7) is 1.07. The molecule has 0 aromatic carbocycles. The number of rotatable bonds is 4. The van der Waals surface area contributed by atoms with Crippen molar-refractivity contribution in [1.82, 2.24) is 9.78 Å². The zero-order valence-corrected chi connectivity index (χ0v) is 7.28. The maximum absolute atomic E-state index is 5.44. The van der Waals surface area contributed by atoms with Gasteiger partial charge in [-0.05, 0) is 0 Å². The Morgan fingerprint density at radius 3 is 2.83 bits per heavy atom. The number of hydrogen-bond donors (Lipinski definition) is 1. The van der Waals surface area contributed by atoms with E-state index in [0.29, 0.717) is 24.9 Å². The number of nitrogens with zero attached hydrogens (tertiary/aromatic N) is 2. The van der Waals surface area contributed by atoms with E-state index in [-0.39, 0.29) is 0 Å². The van der Waals surface area contributed by atoms with Crippen molar-refractivity contribution in [2.75, 3.05) is 26.1 Å². The van der Waals surface area contributed by atoms with Gasteiger partial charge in [-0.1, -0.05) is 0 Å². The Hall–Kier alpha value is -1.23. The van der Waals surface area contributed by atoms with Crippen LogP contribution in [0.5, 0.6) is 5.88 Å². The van der Waals surface area contributed by atoms with E-state index in [1.54, 1.807) is 24.9 Å². The lowest BCUT2D eigenvalue weighted by Gasteiger charge is -2.03. The molecule has 5 heteroatoms. The zero-order valence-electron chi connectivity index (χ0n) is 7.28. The topological polar surface area (TPSA) is 62.3 Å². The third-order valence-corrected chi connectivity index (χ3v) is 1.39. The molecule has 0 atom stereocenters. The van der Waals surface area contributed by atoms with Gasteiger partial charge < -0.3 is 15.2 Å². The Balaban J connectivity index is 2.45. The average molecular weight is 171 g/mol. The number of nitrogen functional groups attached to an aromatic ring is 1. The molecule has 5 nitrogen and oxygen atoms in total. The van der Waals surface area contributed by atoms with Gasteiger partial charge in [-0.2, -0.15) is 5.10 Å². The molecule has 0 radical (unpaired) electrons. The van der Waals surface area contributed by atoms with E-state index >= 15 is 0 Å². The lowest BCUT2D eigenvalue weighted by molar-refractivity contribution is 0.141. The second kappa shape index (κ2) is 3.96. The van der Waals surface area contributed by atoms with Gasteiger partial charge in [-0.3, -0.25) is 0 Å². The fourth-order valence-electron chi connectivity index (χ4n) is 0.836. The predicted octanol–water partition coefficient (Wildman–Crippen LogP) is 0.0275. The molecule has 0 bridgehead atoms. The average Bonchev–Trinajstić information content (AvgIpc) is 2.31. The highest BCUT2D eigenvalue weighted by molar-refractivity contribution is 5.32. The Morgan fingerprint density at radius 2 is 2.33 bits per heavy atom. The zero-order chi connectivity index (χ0) is 8.97. The molecule has 2 N–H and O–H groups in total. The highest BCUT2D eigenvalue weighted by atomic mass is 16.5. The van der Waals surface area contributed by atoms with Crippen LogP contribution < -0.4 is 10.5 Å². The Labute approximate surface area is 71.1 Å². The van der Waals surface area contributed by atoms with Crippen molar-refractivity contribution in [1.29, 1.82) is 0 Å². The van der Waals surface area contributed by atoms with Crippen molar-refractivity contribution in [2.45, 2.75) is 0 Å². The van der Waals surface area contributed by atoms with Gasteiger partial charge in [-0.25, -0.2) is 4.68 Å². The van der Waals surface area contributed by atoms with E-state index in [0.717, 1.165) is 0 Å². The number of aromatic nitrogens is 2. The molecule has 1 aromatic rings. The third kappa shape index (κ3) is 2.13. The second-order valence-corrected chi connectivity index (χ2v) is 2.37. The van der Waals surface area contributed by atoms with Gasteiger partial charge in [-0.15, -0.1) is 0 Å². The summed E-state index contributed by atoms with van der Waals surface area (Å²) in [5.74, 6) is 1.12. The highest BCUT2D eigenvalue weighted by Gasteiger charge is 2.01. The first kappa shape index (κ1) is 8.86.